The molecule has 2 saturated carbocycles. The molecule has 2 atom stereocenters. The molecule has 11 rings (SSSR count). The Morgan fingerprint density at radius 2 is 1.00 bits per heavy atom. The van der Waals surface area contributed by atoms with E-state index in [0.29, 0.717) is 49.3 Å². The molecule has 5 heterocycles. The predicted octanol–water partition coefficient (Wildman–Crippen LogP) is 11.5. The van der Waals surface area contributed by atoms with Gasteiger partial charge in [0, 0.05) is 66.8 Å². The van der Waals surface area contributed by atoms with Gasteiger partial charge in [-0.1, -0.05) is 22.0 Å². The number of carbonyl (C=O) groups is 4. The van der Waals surface area contributed by atoms with Crippen molar-refractivity contribution in [2.24, 2.45) is 0 Å². The molecule has 3 saturated heterocycles. The van der Waals surface area contributed by atoms with Gasteiger partial charge in [-0.2, -0.15) is 0 Å². The SMILES string of the molecule is CC(=O)OC1CCC(n2c([C@@H]3CCC(=O)N3c3ccc(F)c(F)c3)nc3cc(B4OC(C)(C)C(C)(C)O4)ccc32)CC1.CC(=O)OC1CCC(n2c([C@@H]3CCC(=O)N3c3ccc(F)c(F)c3)nc3cc(Br)ccc32)CC1. The van der Waals surface area contributed by atoms with Crippen LogP contribution in [0, 0.1) is 23.3 Å². The average molecular weight is 1110 g/mol. The molecule has 400 valence electrons. The van der Waals surface area contributed by atoms with E-state index in [-0.39, 0.29) is 54.5 Å². The highest BCUT2D eigenvalue weighted by atomic mass is 79.9. The topological polar surface area (TPSA) is 147 Å². The first kappa shape index (κ1) is 53.3. The van der Waals surface area contributed by atoms with Crippen molar-refractivity contribution >= 4 is 85.7 Å². The van der Waals surface area contributed by atoms with Crippen LogP contribution in [-0.4, -0.2) is 73.4 Å². The summed E-state index contributed by atoms with van der Waals surface area (Å²) >= 11 is 3.51. The predicted molar refractivity (Wildman–Crippen MR) is 281 cm³/mol. The zero-order valence-electron chi connectivity index (χ0n) is 43.3. The molecule has 14 nitrogen and oxygen atoms in total. The summed E-state index contributed by atoms with van der Waals surface area (Å²) in [6, 6.07) is 18.3. The number of aromatic nitrogens is 4. The Morgan fingerprint density at radius 3 is 1.42 bits per heavy atom. The van der Waals surface area contributed by atoms with Crippen molar-refractivity contribution in [3.05, 3.63) is 112 Å². The number of carbonyl (C=O) groups excluding carboxylic acids is 4. The lowest BCUT2D eigenvalue weighted by molar-refractivity contribution is -0.149. The van der Waals surface area contributed by atoms with Gasteiger partial charge in [-0.3, -0.25) is 19.2 Å². The van der Waals surface area contributed by atoms with E-state index in [1.54, 1.807) is 9.80 Å². The quantitative estimate of drug-likeness (QED) is 0.0778. The molecule has 6 aromatic rings. The normalized spacial score (nSPS) is 24.3. The van der Waals surface area contributed by atoms with Crippen LogP contribution in [0.4, 0.5) is 28.9 Å². The molecule has 2 aliphatic carbocycles. The van der Waals surface area contributed by atoms with E-state index in [2.05, 4.69) is 25.1 Å². The number of hydrogen-bond acceptors (Lipinski definition) is 10. The molecule has 0 unspecified atom stereocenters. The Labute approximate surface area is 446 Å². The van der Waals surface area contributed by atoms with E-state index in [9.17, 15) is 36.7 Å². The molecule has 2 amide bonds. The smallest absolute Gasteiger partial charge is 0.463 e. The van der Waals surface area contributed by atoms with Crippen LogP contribution < -0.4 is 15.3 Å². The van der Waals surface area contributed by atoms with Crippen molar-refractivity contribution < 1.29 is 55.5 Å². The van der Waals surface area contributed by atoms with Crippen molar-refractivity contribution in [1.29, 1.82) is 0 Å². The van der Waals surface area contributed by atoms with Crippen molar-refractivity contribution in [3.63, 3.8) is 0 Å². The third-order valence-corrected chi connectivity index (χ3v) is 16.5. The fourth-order valence-corrected chi connectivity index (χ4v) is 12.0. The highest BCUT2D eigenvalue weighted by Gasteiger charge is 2.52. The number of nitrogens with zero attached hydrogens (tertiary/aromatic N) is 6. The van der Waals surface area contributed by atoms with Crippen LogP contribution in [0.5, 0.6) is 0 Å². The Kier molecular flexibility index (Phi) is 14.7. The standard InChI is InChI=1S/C31H36BF2N3O5.C25H24BrF2N3O3/c1-18(38)40-22-10-7-20(8-11-22)37-26-13-6-19(32-41-30(2,3)31(4,5)42-32)16-25(26)35-29(37)27-14-15-28(39)36(27)21-9-12-23(33)24(34)17-21;1-14(32)34-18-6-3-16(4-7-18)31-22-9-2-15(26)12-21(22)29-25(31)23-10-11-24(33)30(23)17-5-8-19(27)20(28)13-17/h6,9,12-13,16-17,20,22,27H,7-8,10-11,14-15H2,1-5H3;2,5,8-9,12-13,16,18,23H,3-4,6-7,10-11H2,1H3/t20?,22?,27-;16?,18?,23-/m00/s1. The third kappa shape index (κ3) is 10.4. The van der Waals surface area contributed by atoms with Crippen LogP contribution in [0.1, 0.15) is 154 Å². The number of hydrogen-bond donors (Lipinski definition) is 0. The number of ether oxygens (including phenoxy) is 2. The number of esters is 2. The maximum absolute atomic E-state index is 14.3. The highest BCUT2D eigenvalue weighted by molar-refractivity contribution is 9.10. The van der Waals surface area contributed by atoms with Crippen molar-refractivity contribution in [2.45, 2.75) is 166 Å². The minimum atomic E-state index is -1.00. The monoisotopic (exact) mass is 1110 g/mol. The maximum Gasteiger partial charge on any atom is 0.494 e. The first-order valence-electron chi connectivity index (χ1n) is 26.1. The van der Waals surface area contributed by atoms with E-state index >= 15 is 0 Å². The molecule has 2 aromatic heterocycles. The number of imidazole rings is 2. The summed E-state index contributed by atoms with van der Waals surface area (Å²) in [5, 5.41) is 0. The van der Waals surface area contributed by atoms with Crippen LogP contribution >= 0.6 is 15.9 Å². The minimum Gasteiger partial charge on any atom is -0.463 e. The number of amides is 2. The van der Waals surface area contributed by atoms with Gasteiger partial charge in [0.1, 0.15) is 23.9 Å². The van der Waals surface area contributed by atoms with E-state index in [1.165, 1.54) is 26.0 Å². The number of benzene rings is 4. The second-order valence-corrected chi connectivity index (χ2v) is 22.5. The fraction of sp³-hybridized carbons (Fsp3) is 0.464. The zero-order chi connectivity index (χ0) is 54.0. The van der Waals surface area contributed by atoms with Gasteiger partial charge in [0.15, 0.2) is 23.3 Å². The zero-order valence-corrected chi connectivity index (χ0v) is 44.9. The van der Waals surface area contributed by atoms with E-state index in [1.807, 2.05) is 64.1 Å². The van der Waals surface area contributed by atoms with E-state index < -0.39 is 53.7 Å². The molecule has 0 radical (unpaired) electrons. The summed E-state index contributed by atoms with van der Waals surface area (Å²) in [7, 11) is -0.557. The van der Waals surface area contributed by atoms with Crippen molar-refractivity contribution in [1.82, 2.24) is 19.1 Å². The van der Waals surface area contributed by atoms with Gasteiger partial charge in [-0.05, 0) is 152 Å². The number of rotatable bonds is 9. The summed E-state index contributed by atoms with van der Waals surface area (Å²) < 4.78 is 84.4. The molecule has 5 aliphatic rings. The third-order valence-electron chi connectivity index (χ3n) is 16.0. The van der Waals surface area contributed by atoms with Gasteiger partial charge in [-0.15, -0.1) is 0 Å². The molecule has 0 N–H and O–H groups in total. The van der Waals surface area contributed by atoms with E-state index in [4.69, 9.17) is 28.8 Å². The number of halogens is 5. The summed E-state index contributed by atoms with van der Waals surface area (Å²) in [5.41, 5.74) is 3.89. The molecule has 3 aliphatic heterocycles. The molecule has 0 bridgehead atoms. The van der Waals surface area contributed by atoms with Crippen LogP contribution in [-0.2, 0) is 38.0 Å². The Morgan fingerprint density at radius 1 is 0.579 bits per heavy atom. The van der Waals surface area contributed by atoms with Crippen molar-refractivity contribution in [2.75, 3.05) is 9.80 Å². The lowest BCUT2D eigenvalue weighted by atomic mass is 9.79. The van der Waals surface area contributed by atoms with Crippen LogP contribution in [0.15, 0.2) is 77.3 Å². The second kappa shape index (κ2) is 21.0. The Balaban J connectivity index is 0.000000177. The van der Waals surface area contributed by atoms with Gasteiger partial charge in [0.2, 0.25) is 11.8 Å². The molecule has 4 aromatic carbocycles. The minimum absolute atomic E-state index is 0.0574. The molecular formula is C56H60BBrF4N6O8. The molecular weight excluding hydrogens is 1050 g/mol. The lowest BCUT2D eigenvalue weighted by Crippen LogP contribution is -2.41. The lowest BCUT2D eigenvalue weighted by Gasteiger charge is -2.32. The van der Waals surface area contributed by atoms with Gasteiger partial charge < -0.3 is 37.7 Å². The van der Waals surface area contributed by atoms with Gasteiger partial charge in [0.05, 0.1) is 45.4 Å². The Hall–Kier alpha value is -6.12. The van der Waals surface area contributed by atoms with Gasteiger partial charge in [-0.25, -0.2) is 27.5 Å². The van der Waals surface area contributed by atoms with Crippen LogP contribution in [0.3, 0.4) is 0 Å². The molecule has 20 heteroatoms. The Bertz CT molecular complexity index is 3230. The largest absolute Gasteiger partial charge is 0.494 e. The summed E-state index contributed by atoms with van der Waals surface area (Å²) in [6.07, 6.45) is 7.44. The summed E-state index contributed by atoms with van der Waals surface area (Å²) in [6.45, 7) is 10.9. The first-order valence-corrected chi connectivity index (χ1v) is 26.9. The second-order valence-electron chi connectivity index (χ2n) is 21.6. The van der Waals surface area contributed by atoms with Gasteiger partial charge in [0.25, 0.3) is 0 Å². The average Bonchev–Trinajstić information content (AvgIpc) is 4.19. The highest BCUT2D eigenvalue weighted by Crippen LogP contribution is 2.45. The maximum atomic E-state index is 14.3. The van der Waals surface area contributed by atoms with Crippen LogP contribution in [0.25, 0.3) is 22.1 Å². The number of fused-ring (bicyclic) bond motifs is 2. The molecule has 0 spiro atoms. The van der Waals surface area contributed by atoms with Crippen molar-refractivity contribution in [3.8, 4) is 0 Å². The summed E-state index contributed by atoms with van der Waals surface area (Å²) in [5.74, 6) is -3.34. The summed E-state index contributed by atoms with van der Waals surface area (Å²) in [4.78, 5) is 62.1. The fourth-order valence-electron chi connectivity index (χ4n) is 11.7. The molecule has 76 heavy (non-hydrogen) atoms. The molecule has 5 fully saturated rings. The van der Waals surface area contributed by atoms with E-state index in [0.717, 1.165) is 101 Å². The van der Waals surface area contributed by atoms with Crippen LogP contribution in [0.2, 0.25) is 0 Å². The first-order chi connectivity index (χ1) is 36.2. The number of anilines is 2. The van der Waals surface area contributed by atoms with Gasteiger partial charge >= 0.3 is 19.1 Å².